The number of hydrogen-bond acceptors (Lipinski definition) is 10. The molecular weight excluding hydrogens is 510 g/mol. The number of nitrogens with two attached hydrogens (primary N) is 1. The number of rotatable bonds is 9. The molecule has 1 aromatic carbocycles. The van der Waals surface area contributed by atoms with E-state index in [2.05, 4.69) is 14.5 Å². The lowest BCUT2D eigenvalue weighted by Crippen LogP contribution is -2.61. The second-order valence-corrected chi connectivity index (χ2v) is 10.0. The Kier molecular flexibility index (Phi) is 7.68. The highest BCUT2D eigenvalue weighted by atomic mass is 35.5. The van der Waals surface area contributed by atoms with Gasteiger partial charge in [0, 0.05) is 36.5 Å². The summed E-state index contributed by atoms with van der Waals surface area (Å²) in [5, 5.41) is 3.62. The summed E-state index contributed by atoms with van der Waals surface area (Å²) in [6.07, 6.45) is 3.67. The first-order valence-corrected chi connectivity index (χ1v) is 12.9. The topological polar surface area (TPSA) is 128 Å². The van der Waals surface area contributed by atoms with Crippen molar-refractivity contribution in [3.63, 3.8) is 0 Å². The number of thioether (sulfide) groups is 1. The predicted molar refractivity (Wildman–Crippen MR) is 137 cm³/mol. The molecule has 2 aliphatic heterocycles. The molecule has 2 aliphatic rings. The molecule has 1 fully saturated rings. The summed E-state index contributed by atoms with van der Waals surface area (Å²) >= 11 is 8.29. The maximum absolute atomic E-state index is 13.1. The second-order valence-electron chi connectivity index (χ2n) is 7.86. The van der Waals surface area contributed by atoms with Crippen LogP contribution >= 0.6 is 34.9 Å². The smallest absolute Gasteiger partial charge is 0.234 e. The zero-order valence-electron chi connectivity index (χ0n) is 18.9. The molecule has 1 saturated heterocycles. The zero-order chi connectivity index (χ0) is 25.1. The van der Waals surface area contributed by atoms with Crippen LogP contribution < -0.4 is 5.73 Å². The molecule has 9 nitrogen and oxygen atoms in total. The lowest BCUT2D eigenvalue weighted by molar-refractivity contribution is -0.150. The Hall–Kier alpha value is -3.02. The Labute approximate surface area is 215 Å². The van der Waals surface area contributed by atoms with E-state index >= 15 is 0 Å². The minimum Gasteiger partial charge on any atom is -0.398 e. The summed E-state index contributed by atoms with van der Waals surface area (Å²) < 4.78 is 4.01. The van der Waals surface area contributed by atoms with Crippen molar-refractivity contribution in [3.05, 3.63) is 58.6 Å². The lowest BCUT2D eigenvalue weighted by atomic mass is 9.88. The third-order valence-corrected chi connectivity index (χ3v) is 7.77. The summed E-state index contributed by atoms with van der Waals surface area (Å²) in [7, 11) is 1.31. The molecule has 2 atom stereocenters. The Balaban J connectivity index is 1.52. The van der Waals surface area contributed by atoms with Gasteiger partial charge in [0.2, 0.25) is 11.7 Å². The van der Waals surface area contributed by atoms with Crippen LogP contribution in [0.2, 0.25) is 0 Å². The molecule has 1 amide bonds. The van der Waals surface area contributed by atoms with Crippen LogP contribution in [0.15, 0.2) is 46.8 Å². The van der Waals surface area contributed by atoms with Crippen molar-refractivity contribution in [2.75, 3.05) is 18.6 Å². The van der Waals surface area contributed by atoms with Gasteiger partial charge in [0.25, 0.3) is 0 Å². The first-order chi connectivity index (χ1) is 16.8. The normalized spacial score (nSPS) is 20.1. The number of oxime groups is 1. The van der Waals surface area contributed by atoms with E-state index in [1.165, 1.54) is 30.7 Å². The zero-order valence-corrected chi connectivity index (χ0v) is 21.3. The SMILES string of the molecule is CO/N=C(\C(=O)C[C@@H]1C(=O)N2C(C(C)=O)=C(/C=C\c3ccc(CCl)cc3)CS[C@H]12)c1nsc(N)n1. The van der Waals surface area contributed by atoms with Crippen LogP contribution in [-0.2, 0) is 25.1 Å². The number of amides is 1. The van der Waals surface area contributed by atoms with Crippen molar-refractivity contribution in [3.8, 4) is 0 Å². The predicted octanol–water partition coefficient (Wildman–Crippen LogP) is 3.26. The highest BCUT2D eigenvalue weighted by molar-refractivity contribution is 8.00. The number of alkyl halides is 1. The second kappa shape index (κ2) is 10.7. The average Bonchev–Trinajstić information content (AvgIpc) is 3.29. The van der Waals surface area contributed by atoms with E-state index < -0.39 is 11.7 Å². The molecule has 0 bridgehead atoms. The number of nitrogen functional groups attached to an aromatic ring is 1. The number of aromatic nitrogens is 2. The van der Waals surface area contributed by atoms with Gasteiger partial charge in [0.05, 0.1) is 17.0 Å². The standard InChI is InChI=1S/C23H22ClN5O4S2/c1-12(30)19-15(8-7-13-3-5-14(10-24)6-4-13)11-34-22-16(21(32)29(19)22)9-17(31)18(27-33-2)20-26-23(25)35-28-20/h3-8,16,22H,9-11H2,1-2H3,(H2,25,26,28)/b8-7-,27-18+/t16-,22-/m1/s1. The summed E-state index contributed by atoms with van der Waals surface area (Å²) in [6.45, 7) is 1.44. The van der Waals surface area contributed by atoms with Gasteiger partial charge in [-0.2, -0.15) is 9.36 Å². The number of Topliss-reactive ketones (excluding diaryl/α,β-unsaturated/α-hetero) is 2. The molecule has 3 heterocycles. The van der Waals surface area contributed by atoms with Gasteiger partial charge in [-0.25, -0.2) is 0 Å². The summed E-state index contributed by atoms with van der Waals surface area (Å²) in [5.74, 6) is -0.454. The molecule has 35 heavy (non-hydrogen) atoms. The molecule has 0 unspecified atom stereocenters. The van der Waals surface area contributed by atoms with Gasteiger partial charge in [-0.3, -0.25) is 19.3 Å². The van der Waals surface area contributed by atoms with Gasteiger partial charge in [-0.15, -0.1) is 23.4 Å². The lowest BCUT2D eigenvalue weighted by Gasteiger charge is -2.49. The van der Waals surface area contributed by atoms with Crippen LogP contribution in [0.4, 0.5) is 5.13 Å². The van der Waals surface area contributed by atoms with Gasteiger partial charge in [-0.05, 0) is 16.7 Å². The van der Waals surface area contributed by atoms with Gasteiger partial charge < -0.3 is 10.6 Å². The van der Waals surface area contributed by atoms with E-state index in [-0.39, 0.29) is 40.2 Å². The maximum Gasteiger partial charge on any atom is 0.234 e. The van der Waals surface area contributed by atoms with Crippen LogP contribution in [0.3, 0.4) is 0 Å². The van der Waals surface area contributed by atoms with E-state index in [0.717, 1.165) is 28.2 Å². The number of ketones is 2. The van der Waals surface area contributed by atoms with E-state index in [4.69, 9.17) is 22.2 Å². The first kappa shape index (κ1) is 25.1. The van der Waals surface area contributed by atoms with Gasteiger partial charge >= 0.3 is 0 Å². The van der Waals surface area contributed by atoms with Gasteiger partial charge in [0.15, 0.2) is 22.4 Å². The van der Waals surface area contributed by atoms with Crippen LogP contribution in [-0.4, -0.2) is 55.7 Å². The fourth-order valence-electron chi connectivity index (χ4n) is 3.91. The molecule has 1 aromatic heterocycles. The van der Waals surface area contributed by atoms with Crippen LogP contribution in [0.5, 0.6) is 0 Å². The number of carbonyl (C=O) groups excluding carboxylic acids is 3. The number of halogens is 1. The van der Waals surface area contributed by atoms with E-state index in [1.54, 1.807) is 0 Å². The minimum absolute atomic E-state index is 0.0649. The van der Waals surface area contributed by atoms with Crippen molar-refractivity contribution in [2.24, 2.45) is 11.1 Å². The highest BCUT2D eigenvalue weighted by Crippen LogP contribution is 2.45. The monoisotopic (exact) mass is 531 g/mol. The quantitative estimate of drug-likeness (QED) is 0.226. The minimum atomic E-state index is -0.589. The van der Waals surface area contributed by atoms with Crippen LogP contribution in [0.1, 0.15) is 30.3 Å². The fraction of sp³-hybridized carbons (Fsp3) is 0.304. The highest BCUT2D eigenvalue weighted by Gasteiger charge is 2.53. The Morgan fingerprint density at radius 3 is 2.66 bits per heavy atom. The van der Waals surface area contributed by atoms with Crippen LogP contribution in [0, 0.1) is 5.92 Å². The molecule has 4 rings (SSSR count). The first-order valence-electron chi connectivity index (χ1n) is 10.6. The van der Waals surface area contributed by atoms with Crippen molar-refractivity contribution >= 4 is 69.3 Å². The van der Waals surface area contributed by atoms with E-state index in [1.807, 2.05) is 36.4 Å². The molecule has 12 heteroatoms. The summed E-state index contributed by atoms with van der Waals surface area (Å²) in [5.41, 5.74) is 8.65. The Morgan fingerprint density at radius 1 is 1.31 bits per heavy atom. The molecule has 0 radical (unpaired) electrons. The van der Waals surface area contributed by atoms with Crippen LogP contribution in [0.25, 0.3) is 6.08 Å². The Morgan fingerprint density at radius 2 is 2.06 bits per heavy atom. The number of fused-ring (bicyclic) bond motifs is 1. The third kappa shape index (κ3) is 5.16. The number of β-lactam (4-membered cyclic amide) rings is 1. The fourth-order valence-corrected chi connectivity index (χ4v) is 5.91. The number of benzene rings is 1. The number of nitrogens with zero attached hydrogens (tertiary/aromatic N) is 4. The van der Waals surface area contributed by atoms with E-state index in [9.17, 15) is 14.4 Å². The van der Waals surface area contributed by atoms with Crippen molar-refractivity contribution < 1.29 is 19.2 Å². The number of carbonyl (C=O) groups is 3. The molecule has 182 valence electrons. The maximum atomic E-state index is 13.1. The molecule has 0 aliphatic carbocycles. The molecular formula is C23H22ClN5O4S2. The molecule has 0 saturated carbocycles. The summed E-state index contributed by atoms with van der Waals surface area (Å²) in [4.78, 5) is 48.8. The largest absolute Gasteiger partial charge is 0.398 e. The molecule has 0 spiro atoms. The number of allylic oxidation sites excluding steroid dienone is 2. The number of anilines is 1. The van der Waals surface area contributed by atoms with Crippen molar-refractivity contribution in [2.45, 2.75) is 24.6 Å². The Bertz CT molecular complexity index is 1250. The average molecular weight is 532 g/mol. The van der Waals surface area contributed by atoms with Gasteiger partial charge in [-0.1, -0.05) is 41.6 Å². The molecule has 2 aromatic rings. The van der Waals surface area contributed by atoms with Gasteiger partial charge in [0.1, 0.15) is 7.11 Å². The third-order valence-electron chi connectivity index (χ3n) is 5.56. The molecule has 2 N–H and O–H groups in total. The number of hydrogen-bond donors (Lipinski definition) is 1. The van der Waals surface area contributed by atoms with Crippen molar-refractivity contribution in [1.29, 1.82) is 0 Å². The van der Waals surface area contributed by atoms with E-state index in [0.29, 0.717) is 17.3 Å². The van der Waals surface area contributed by atoms with Crippen molar-refractivity contribution in [1.82, 2.24) is 14.3 Å². The summed E-state index contributed by atoms with van der Waals surface area (Å²) in [6, 6.07) is 7.77.